The van der Waals surface area contributed by atoms with Crippen molar-refractivity contribution in [3.05, 3.63) is 17.5 Å². The predicted octanol–water partition coefficient (Wildman–Crippen LogP) is 1.11. The van der Waals surface area contributed by atoms with E-state index in [4.69, 9.17) is 10.3 Å². The Morgan fingerprint density at radius 2 is 2.30 bits per heavy atom. The Balaban J connectivity index is 1.86. The van der Waals surface area contributed by atoms with Crippen molar-refractivity contribution < 1.29 is 14.1 Å². The first-order valence-electron chi connectivity index (χ1n) is 6.65. The Morgan fingerprint density at radius 3 is 2.90 bits per heavy atom. The number of nitrogens with two attached hydrogens (primary N) is 1. The van der Waals surface area contributed by atoms with Crippen molar-refractivity contribution in [1.82, 2.24) is 15.4 Å². The molecule has 0 radical (unpaired) electrons. The molecule has 0 atom stereocenters. The van der Waals surface area contributed by atoms with Gasteiger partial charge in [0, 0.05) is 19.2 Å². The van der Waals surface area contributed by atoms with Crippen LogP contribution in [0.2, 0.25) is 0 Å². The third-order valence-corrected chi connectivity index (χ3v) is 3.41. The first kappa shape index (κ1) is 14.4. The van der Waals surface area contributed by atoms with Crippen molar-refractivity contribution in [2.75, 3.05) is 13.1 Å². The molecule has 0 spiro atoms. The lowest BCUT2D eigenvalue weighted by molar-refractivity contribution is 0.0991. The summed E-state index contributed by atoms with van der Waals surface area (Å²) in [7, 11) is 0. The minimum absolute atomic E-state index is 0.0633. The SMILES string of the molecule is CC1(C)CCCN(C(=O)NCc2cc(C(N)=O)no2)C1. The standard InChI is InChI=1S/C13H20N4O3/c1-13(2)4-3-5-17(8-13)12(19)15-7-9-6-10(11(14)18)16-20-9/h6H,3-5,7-8H2,1-2H3,(H2,14,18)(H,15,19). The maximum absolute atomic E-state index is 12.1. The van der Waals surface area contributed by atoms with Crippen LogP contribution in [0.15, 0.2) is 10.6 Å². The third kappa shape index (κ3) is 3.49. The number of rotatable bonds is 3. The van der Waals surface area contributed by atoms with Crippen molar-refractivity contribution in [1.29, 1.82) is 0 Å². The van der Waals surface area contributed by atoms with Gasteiger partial charge >= 0.3 is 6.03 Å². The van der Waals surface area contributed by atoms with Crippen LogP contribution >= 0.6 is 0 Å². The van der Waals surface area contributed by atoms with E-state index in [-0.39, 0.29) is 23.7 Å². The van der Waals surface area contributed by atoms with Crippen LogP contribution in [0.25, 0.3) is 0 Å². The van der Waals surface area contributed by atoms with Crippen LogP contribution in [-0.4, -0.2) is 35.1 Å². The second kappa shape index (κ2) is 5.52. The topological polar surface area (TPSA) is 101 Å². The molecule has 0 bridgehead atoms. The number of aromatic nitrogens is 1. The van der Waals surface area contributed by atoms with Crippen molar-refractivity contribution >= 4 is 11.9 Å². The zero-order valence-electron chi connectivity index (χ0n) is 11.8. The average molecular weight is 280 g/mol. The molecule has 1 aliphatic rings. The number of carbonyl (C=O) groups is 2. The normalized spacial score (nSPS) is 17.8. The van der Waals surface area contributed by atoms with E-state index in [9.17, 15) is 9.59 Å². The Bertz CT molecular complexity index is 509. The number of likely N-dealkylation sites (tertiary alicyclic amines) is 1. The van der Waals surface area contributed by atoms with Crippen LogP contribution in [0.5, 0.6) is 0 Å². The van der Waals surface area contributed by atoms with Gasteiger partial charge < -0.3 is 20.5 Å². The quantitative estimate of drug-likeness (QED) is 0.865. The van der Waals surface area contributed by atoms with E-state index in [1.54, 1.807) is 4.90 Å². The van der Waals surface area contributed by atoms with Crippen LogP contribution in [0.1, 0.15) is 42.9 Å². The van der Waals surface area contributed by atoms with Crippen molar-refractivity contribution in [3.63, 3.8) is 0 Å². The number of urea groups is 1. The summed E-state index contributed by atoms with van der Waals surface area (Å²) < 4.78 is 4.92. The maximum Gasteiger partial charge on any atom is 0.317 e. The Hall–Kier alpha value is -2.05. The molecule has 2 rings (SSSR count). The van der Waals surface area contributed by atoms with Gasteiger partial charge in [-0.1, -0.05) is 19.0 Å². The molecule has 3 N–H and O–H groups in total. The number of carbonyl (C=O) groups excluding carboxylic acids is 2. The first-order chi connectivity index (χ1) is 9.37. The molecule has 0 aromatic carbocycles. The molecule has 0 unspecified atom stereocenters. The van der Waals surface area contributed by atoms with Gasteiger partial charge in [0.25, 0.3) is 5.91 Å². The molecule has 0 saturated carbocycles. The number of nitrogens with one attached hydrogen (secondary N) is 1. The molecule has 1 aromatic heterocycles. The lowest BCUT2D eigenvalue weighted by Gasteiger charge is -2.37. The molecule has 1 fully saturated rings. The van der Waals surface area contributed by atoms with E-state index in [1.807, 2.05) is 0 Å². The summed E-state index contributed by atoms with van der Waals surface area (Å²) in [6, 6.07) is 1.30. The molecule has 0 aliphatic carbocycles. The summed E-state index contributed by atoms with van der Waals surface area (Å²) >= 11 is 0. The van der Waals surface area contributed by atoms with E-state index in [2.05, 4.69) is 24.3 Å². The van der Waals surface area contributed by atoms with Gasteiger partial charge in [-0.15, -0.1) is 0 Å². The van der Waals surface area contributed by atoms with Gasteiger partial charge in [-0.2, -0.15) is 0 Å². The second-order valence-electron chi connectivity index (χ2n) is 5.89. The molecule has 2 heterocycles. The summed E-state index contributed by atoms with van der Waals surface area (Å²) in [6.07, 6.45) is 2.13. The van der Waals surface area contributed by atoms with Crippen LogP contribution in [-0.2, 0) is 6.54 Å². The van der Waals surface area contributed by atoms with Crippen LogP contribution in [0.3, 0.4) is 0 Å². The molecule has 110 valence electrons. The van der Waals surface area contributed by atoms with E-state index in [0.717, 1.165) is 25.9 Å². The van der Waals surface area contributed by atoms with Gasteiger partial charge in [0.05, 0.1) is 6.54 Å². The van der Waals surface area contributed by atoms with Crippen LogP contribution in [0, 0.1) is 5.41 Å². The fraction of sp³-hybridized carbons (Fsp3) is 0.615. The summed E-state index contributed by atoms with van der Waals surface area (Å²) in [4.78, 5) is 24.7. The van der Waals surface area contributed by atoms with E-state index in [0.29, 0.717) is 5.76 Å². The Kier molecular flexibility index (Phi) is 3.96. The molecule has 1 aromatic rings. The smallest absolute Gasteiger partial charge is 0.317 e. The van der Waals surface area contributed by atoms with Crippen LogP contribution < -0.4 is 11.1 Å². The second-order valence-corrected chi connectivity index (χ2v) is 5.89. The average Bonchev–Trinajstić information content (AvgIpc) is 2.83. The highest BCUT2D eigenvalue weighted by Crippen LogP contribution is 2.28. The van der Waals surface area contributed by atoms with Gasteiger partial charge in [-0.05, 0) is 18.3 Å². The van der Waals surface area contributed by atoms with Crippen molar-refractivity contribution in [3.8, 4) is 0 Å². The first-order valence-corrected chi connectivity index (χ1v) is 6.65. The monoisotopic (exact) mass is 280 g/mol. The molecular formula is C13H20N4O3. The zero-order valence-corrected chi connectivity index (χ0v) is 11.8. The predicted molar refractivity (Wildman–Crippen MR) is 71.8 cm³/mol. The lowest BCUT2D eigenvalue weighted by Crippen LogP contribution is -2.47. The van der Waals surface area contributed by atoms with E-state index >= 15 is 0 Å². The Morgan fingerprint density at radius 1 is 1.55 bits per heavy atom. The highest BCUT2D eigenvalue weighted by atomic mass is 16.5. The fourth-order valence-electron chi connectivity index (χ4n) is 2.38. The molecule has 1 saturated heterocycles. The number of hydrogen-bond acceptors (Lipinski definition) is 4. The Labute approximate surface area is 117 Å². The number of hydrogen-bond donors (Lipinski definition) is 2. The number of nitrogens with zero attached hydrogens (tertiary/aromatic N) is 2. The van der Waals surface area contributed by atoms with Gasteiger partial charge in [-0.3, -0.25) is 4.79 Å². The summed E-state index contributed by atoms with van der Waals surface area (Å²) in [5.74, 6) is -0.243. The third-order valence-electron chi connectivity index (χ3n) is 3.41. The van der Waals surface area contributed by atoms with Gasteiger partial charge in [0.2, 0.25) is 0 Å². The van der Waals surface area contributed by atoms with Gasteiger partial charge in [0.1, 0.15) is 0 Å². The van der Waals surface area contributed by atoms with E-state index < -0.39 is 5.91 Å². The summed E-state index contributed by atoms with van der Waals surface area (Å²) in [5.41, 5.74) is 5.29. The molecule has 1 aliphatic heterocycles. The van der Waals surface area contributed by atoms with Gasteiger partial charge in [0.15, 0.2) is 11.5 Å². The maximum atomic E-state index is 12.1. The number of piperidine rings is 1. The lowest BCUT2D eigenvalue weighted by atomic mass is 9.84. The van der Waals surface area contributed by atoms with E-state index in [1.165, 1.54) is 6.07 Å². The molecule has 3 amide bonds. The van der Waals surface area contributed by atoms with Crippen LogP contribution in [0.4, 0.5) is 4.79 Å². The summed E-state index contributed by atoms with van der Waals surface area (Å²) in [5, 5.41) is 6.27. The largest absolute Gasteiger partial charge is 0.364 e. The molecule has 20 heavy (non-hydrogen) atoms. The van der Waals surface area contributed by atoms with Crippen molar-refractivity contribution in [2.45, 2.75) is 33.2 Å². The highest BCUT2D eigenvalue weighted by molar-refractivity contribution is 5.90. The summed E-state index contributed by atoms with van der Waals surface area (Å²) in [6.45, 7) is 6.00. The van der Waals surface area contributed by atoms with Gasteiger partial charge in [-0.25, -0.2) is 4.79 Å². The molecular weight excluding hydrogens is 260 g/mol. The zero-order chi connectivity index (χ0) is 14.8. The number of primary amides is 1. The minimum Gasteiger partial charge on any atom is -0.364 e. The number of amides is 3. The molecule has 7 heteroatoms. The fourth-order valence-corrected chi connectivity index (χ4v) is 2.38. The van der Waals surface area contributed by atoms with Crippen molar-refractivity contribution in [2.24, 2.45) is 11.1 Å². The minimum atomic E-state index is -0.649. The highest BCUT2D eigenvalue weighted by Gasteiger charge is 2.29. The molecule has 7 nitrogen and oxygen atoms in total.